The van der Waals surface area contributed by atoms with Crippen LogP contribution in [0.5, 0.6) is 0 Å². The van der Waals surface area contributed by atoms with Crippen molar-refractivity contribution >= 4 is 5.82 Å². The van der Waals surface area contributed by atoms with Gasteiger partial charge < -0.3 is 9.80 Å². The average molecular weight is 360 g/mol. The van der Waals surface area contributed by atoms with Crippen LogP contribution in [0.2, 0.25) is 0 Å². The number of rotatable bonds is 4. The maximum atomic E-state index is 4.60. The van der Waals surface area contributed by atoms with E-state index in [0.29, 0.717) is 5.92 Å². The van der Waals surface area contributed by atoms with Gasteiger partial charge in [0.15, 0.2) is 0 Å². The van der Waals surface area contributed by atoms with Crippen LogP contribution in [0.25, 0.3) is 0 Å². The number of hydrogen-bond acceptors (Lipinski definition) is 3. The molecule has 0 radical (unpaired) electrons. The predicted octanol–water partition coefficient (Wildman–Crippen LogP) is 5.71. The normalized spacial score (nSPS) is 19.6. The van der Waals surface area contributed by atoms with Crippen LogP contribution >= 0.6 is 0 Å². The van der Waals surface area contributed by atoms with Crippen LogP contribution in [-0.4, -0.2) is 42.1 Å². The van der Waals surface area contributed by atoms with Crippen molar-refractivity contribution in [1.82, 2.24) is 9.88 Å². The van der Waals surface area contributed by atoms with Crippen molar-refractivity contribution in [1.29, 1.82) is 0 Å². The number of piperidine rings is 2. The first-order valence-electron chi connectivity index (χ1n) is 11.0. The molecule has 2 saturated heterocycles. The van der Waals surface area contributed by atoms with Crippen molar-refractivity contribution in [3.8, 4) is 0 Å². The van der Waals surface area contributed by atoms with Gasteiger partial charge in [0.25, 0.3) is 0 Å². The number of aromatic nitrogens is 1. The quantitative estimate of drug-likeness (QED) is 0.686. The molecule has 2 aliphatic heterocycles. The zero-order valence-corrected chi connectivity index (χ0v) is 17.9. The van der Waals surface area contributed by atoms with E-state index in [1.165, 1.54) is 70.3 Å². The number of anilines is 1. The Hall–Kier alpha value is -1.09. The Kier molecular flexibility index (Phi) is 8.90. The summed E-state index contributed by atoms with van der Waals surface area (Å²) < 4.78 is 0. The van der Waals surface area contributed by atoms with Crippen LogP contribution in [0.15, 0.2) is 18.3 Å². The Morgan fingerprint density at radius 3 is 2.04 bits per heavy atom. The Morgan fingerprint density at radius 1 is 0.962 bits per heavy atom. The zero-order chi connectivity index (χ0) is 18.9. The van der Waals surface area contributed by atoms with Gasteiger partial charge in [-0.1, -0.05) is 39.7 Å². The molecule has 1 aromatic rings. The molecule has 3 heteroatoms. The Bertz CT molecular complexity index is 481. The Labute approximate surface area is 162 Å². The molecule has 0 amide bonds. The number of pyridine rings is 1. The maximum Gasteiger partial charge on any atom is 0.128 e. The molecule has 2 fully saturated rings. The van der Waals surface area contributed by atoms with Crippen LogP contribution in [0.4, 0.5) is 5.82 Å². The molecular formula is C23H41N3. The molecule has 26 heavy (non-hydrogen) atoms. The molecule has 2 aliphatic rings. The first kappa shape index (κ1) is 21.2. The molecule has 0 atom stereocenters. The minimum absolute atomic E-state index is 0.572. The summed E-state index contributed by atoms with van der Waals surface area (Å²) in [5.74, 6) is 2.66. The monoisotopic (exact) mass is 359 g/mol. The van der Waals surface area contributed by atoms with Crippen molar-refractivity contribution in [2.24, 2.45) is 5.92 Å². The predicted molar refractivity (Wildman–Crippen MR) is 114 cm³/mol. The first-order chi connectivity index (χ1) is 12.5. The molecule has 0 spiro atoms. The fourth-order valence-electron chi connectivity index (χ4n) is 3.93. The summed E-state index contributed by atoms with van der Waals surface area (Å²) in [6.07, 6.45) is 10.3. The van der Waals surface area contributed by atoms with E-state index in [1.54, 1.807) is 0 Å². The smallest absolute Gasteiger partial charge is 0.128 e. The van der Waals surface area contributed by atoms with Gasteiger partial charge in [-0.2, -0.15) is 0 Å². The molecule has 1 aromatic heterocycles. The Balaban J connectivity index is 0.000000228. The second-order valence-electron chi connectivity index (χ2n) is 8.63. The zero-order valence-electron chi connectivity index (χ0n) is 17.9. The van der Waals surface area contributed by atoms with E-state index in [4.69, 9.17) is 0 Å². The van der Waals surface area contributed by atoms with E-state index in [1.807, 2.05) is 6.20 Å². The van der Waals surface area contributed by atoms with Crippen LogP contribution in [-0.2, 0) is 0 Å². The van der Waals surface area contributed by atoms with E-state index >= 15 is 0 Å². The lowest BCUT2D eigenvalue weighted by atomic mass is 9.94. The third kappa shape index (κ3) is 6.57. The van der Waals surface area contributed by atoms with E-state index in [-0.39, 0.29) is 0 Å². The summed E-state index contributed by atoms with van der Waals surface area (Å²) in [7, 11) is 0. The number of nitrogens with zero attached hydrogens (tertiary/aromatic N) is 3. The van der Waals surface area contributed by atoms with Crippen molar-refractivity contribution < 1.29 is 0 Å². The summed E-state index contributed by atoms with van der Waals surface area (Å²) in [6, 6.07) is 5.17. The van der Waals surface area contributed by atoms with Crippen molar-refractivity contribution in [3.05, 3.63) is 23.9 Å². The van der Waals surface area contributed by atoms with Gasteiger partial charge in [-0.3, -0.25) is 0 Å². The Morgan fingerprint density at radius 2 is 1.62 bits per heavy atom. The summed E-state index contributed by atoms with van der Waals surface area (Å²) in [5.41, 5.74) is 1.33. The largest absolute Gasteiger partial charge is 0.357 e. The molecule has 3 heterocycles. The first-order valence-corrected chi connectivity index (χ1v) is 11.0. The van der Waals surface area contributed by atoms with Gasteiger partial charge in [-0.05, 0) is 76.1 Å². The van der Waals surface area contributed by atoms with E-state index in [9.17, 15) is 0 Å². The van der Waals surface area contributed by atoms with E-state index in [2.05, 4.69) is 61.5 Å². The highest BCUT2D eigenvalue weighted by Crippen LogP contribution is 2.24. The summed E-state index contributed by atoms with van der Waals surface area (Å²) in [4.78, 5) is 9.59. The molecule has 0 aliphatic carbocycles. The highest BCUT2D eigenvalue weighted by Gasteiger charge is 2.18. The van der Waals surface area contributed by atoms with Gasteiger partial charge in [-0.25, -0.2) is 4.98 Å². The molecule has 148 valence electrons. The SMILES string of the molecule is CC(C)N1CCCCC1.CCC1CCN(c2ccc(C(C)C)cn2)CC1. The van der Waals surface area contributed by atoms with Gasteiger partial charge in [0.05, 0.1) is 0 Å². The van der Waals surface area contributed by atoms with Crippen LogP contribution in [0, 0.1) is 5.92 Å². The van der Waals surface area contributed by atoms with Crippen LogP contribution in [0.1, 0.15) is 84.6 Å². The lowest BCUT2D eigenvalue weighted by molar-refractivity contribution is 0.185. The topological polar surface area (TPSA) is 19.4 Å². The minimum atomic E-state index is 0.572. The molecule has 3 rings (SSSR count). The van der Waals surface area contributed by atoms with Crippen molar-refractivity contribution in [3.63, 3.8) is 0 Å². The van der Waals surface area contributed by atoms with Crippen LogP contribution < -0.4 is 4.90 Å². The fourth-order valence-corrected chi connectivity index (χ4v) is 3.93. The number of hydrogen-bond donors (Lipinski definition) is 0. The molecule has 0 aromatic carbocycles. The highest BCUT2D eigenvalue weighted by atomic mass is 15.2. The van der Waals surface area contributed by atoms with Crippen molar-refractivity contribution in [2.45, 2.75) is 85.1 Å². The average Bonchev–Trinajstić information content (AvgIpc) is 2.69. The molecular weight excluding hydrogens is 318 g/mol. The molecule has 0 bridgehead atoms. The number of likely N-dealkylation sites (tertiary alicyclic amines) is 1. The summed E-state index contributed by atoms with van der Waals surface area (Å²) in [5, 5.41) is 0. The third-order valence-electron chi connectivity index (χ3n) is 6.07. The lowest BCUT2D eigenvalue weighted by Crippen LogP contribution is -2.35. The lowest BCUT2D eigenvalue weighted by Gasteiger charge is -2.32. The second kappa shape index (κ2) is 10.9. The third-order valence-corrected chi connectivity index (χ3v) is 6.07. The minimum Gasteiger partial charge on any atom is -0.357 e. The fraction of sp³-hybridized carbons (Fsp3) is 0.783. The molecule has 0 saturated carbocycles. The van der Waals surface area contributed by atoms with Crippen molar-refractivity contribution in [2.75, 3.05) is 31.1 Å². The van der Waals surface area contributed by atoms with E-state index < -0.39 is 0 Å². The molecule has 0 unspecified atom stereocenters. The van der Waals surface area contributed by atoms with E-state index in [0.717, 1.165) is 17.8 Å². The molecule has 0 N–H and O–H groups in total. The highest BCUT2D eigenvalue weighted by molar-refractivity contribution is 5.40. The van der Waals surface area contributed by atoms with Gasteiger partial charge in [0.1, 0.15) is 5.82 Å². The summed E-state index contributed by atoms with van der Waals surface area (Å²) in [6.45, 7) is 16.3. The second-order valence-corrected chi connectivity index (χ2v) is 8.63. The van der Waals surface area contributed by atoms with Gasteiger partial charge >= 0.3 is 0 Å². The maximum absolute atomic E-state index is 4.60. The standard InChI is InChI=1S/C15H24N2.C8H17N/c1-4-13-7-9-17(10-8-13)15-6-5-14(11-16-15)12(2)3;1-8(2)9-6-4-3-5-7-9/h5-6,11-13H,4,7-10H2,1-3H3;8H,3-7H2,1-2H3. The van der Waals surface area contributed by atoms with Gasteiger partial charge in [-0.15, -0.1) is 0 Å². The van der Waals surface area contributed by atoms with Crippen LogP contribution in [0.3, 0.4) is 0 Å². The van der Waals surface area contributed by atoms with Gasteiger partial charge in [0.2, 0.25) is 0 Å². The molecule has 3 nitrogen and oxygen atoms in total. The van der Waals surface area contributed by atoms with Gasteiger partial charge in [0, 0.05) is 25.3 Å². The summed E-state index contributed by atoms with van der Waals surface area (Å²) >= 11 is 0.